The number of carbonyl (C=O) groups excluding carboxylic acids is 2. The van der Waals surface area contributed by atoms with Crippen molar-refractivity contribution in [3.05, 3.63) is 0 Å². The van der Waals surface area contributed by atoms with Crippen LogP contribution in [-0.4, -0.2) is 42.2 Å². The number of carbonyl (C=O) groups is 2. The molecule has 0 atom stereocenters. The van der Waals surface area contributed by atoms with Gasteiger partial charge in [0.05, 0.1) is 0 Å². The third-order valence-corrected chi connectivity index (χ3v) is 2.46. The zero-order chi connectivity index (χ0) is 10.4. The van der Waals surface area contributed by atoms with Gasteiger partial charge in [-0.2, -0.15) is 0 Å². The number of hydrogen-bond acceptors (Lipinski definition) is 2. The molecule has 0 aliphatic carbocycles. The van der Waals surface area contributed by atoms with Gasteiger partial charge in [-0.25, -0.2) is 0 Å². The number of halogens is 1. The molecule has 0 aromatic heterocycles. The highest BCUT2D eigenvalue weighted by Crippen LogP contribution is 2.09. The van der Waals surface area contributed by atoms with Crippen molar-refractivity contribution in [1.29, 1.82) is 0 Å². The van der Waals surface area contributed by atoms with Crippen molar-refractivity contribution >= 4 is 23.4 Å². The summed E-state index contributed by atoms with van der Waals surface area (Å²) < 4.78 is 0. The van der Waals surface area contributed by atoms with Gasteiger partial charge >= 0.3 is 0 Å². The van der Waals surface area contributed by atoms with Crippen LogP contribution in [0.2, 0.25) is 0 Å². The van der Waals surface area contributed by atoms with E-state index in [1.807, 2.05) is 4.90 Å². The summed E-state index contributed by atoms with van der Waals surface area (Å²) >= 11 is 5.30. The molecule has 4 nitrogen and oxygen atoms in total. The molecule has 1 saturated heterocycles. The van der Waals surface area contributed by atoms with E-state index in [1.54, 1.807) is 0 Å². The van der Waals surface area contributed by atoms with Crippen molar-refractivity contribution in [3.8, 4) is 0 Å². The number of hydrogen-bond donors (Lipinski definition) is 1. The molecule has 1 aliphatic rings. The van der Waals surface area contributed by atoms with Crippen LogP contribution in [0.25, 0.3) is 0 Å². The molecule has 14 heavy (non-hydrogen) atoms. The second-order valence-corrected chi connectivity index (χ2v) is 3.59. The summed E-state index contributed by atoms with van der Waals surface area (Å²) in [6.07, 6.45) is 2.44. The van der Waals surface area contributed by atoms with Gasteiger partial charge in [0.2, 0.25) is 11.8 Å². The second kappa shape index (κ2) is 5.86. The van der Waals surface area contributed by atoms with Gasteiger partial charge in [-0.1, -0.05) is 0 Å². The number of nitrogens with one attached hydrogen (secondary N) is 1. The van der Waals surface area contributed by atoms with E-state index in [0.29, 0.717) is 13.0 Å². The zero-order valence-corrected chi connectivity index (χ0v) is 8.85. The lowest BCUT2D eigenvalue weighted by Gasteiger charge is -2.14. The van der Waals surface area contributed by atoms with Gasteiger partial charge in [0.15, 0.2) is 0 Å². The van der Waals surface area contributed by atoms with Crippen LogP contribution in [0.15, 0.2) is 0 Å². The van der Waals surface area contributed by atoms with E-state index in [0.717, 1.165) is 25.9 Å². The Labute approximate surface area is 88.6 Å². The van der Waals surface area contributed by atoms with Gasteiger partial charge < -0.3 is 10.2 Å². The summed E-state index contributed by atoms with van der Waals surface area (Å²) in [5, 5.41) is 2.66. The second-order valence-electron chi connectivity index (χ2n) is 3.32. The molecule has 1 rings (SSSR count). The third kappa shape index (κ3) is 3.54. The summed E-state index contributed by atoms with van der Waals surface area (Å²) in [5.74, 6) is 0.0796. The summed E-state index contributed by atoms with van der Waals surface area (Å²) in [4.78, 5) is 23.8. The van der Waals surface area contributed by atoms with E-state index < -0.39 is 0 Å². The first-order chi connectivity index (χ1) is 6.74. The lowest BCUT2D eigenvalue weighted by atomic mass is 10.4. The Balaban J connectivity index is 2.03. The first-order valence-electron chi connectivity index (χ1n) is 4.84. The first-order valence-corrected chi connectivity index (χ1v) is 5.38. The van der Waals surface area contributed by atoms with E-state index >= 15 is 0 Å². The van der Waals surface area contributed by atoms with Gasteiger partial charge in [0.1, 0.15) is 5.88 Å². The number of rotatable bonds is 5. The molecule has 1 fully saturated rings. The Morgan fingerprint density at radius 2 is 2.36 bits per heavy atom. The maximum Gasteiger partial charge on any atom is 0.234 e. The molecule has 0 saturated carbocycles. The Morgan fingerprint density at radius 3 is 2.93 bits per heavy atom. The average molecular weight is 219 g/mol. The predicted molar refractivity (Wildman–Crippen MR) is 54.2 cm³/mol. The van der Waals surface area contributed by atoms with Crippen LogP contribution in [0.3, 0.4) is 0 Å². The van der Waals surface area contributed by atoms with E-state index in [2.05, 4.69) is 5.32 Å². The van der Waals surface area contributed by atoms with Crippen molar-refractivity contribution in [1.82, 2.24) is 10.2 Å². The highest BCUT2D eigenvalue weighted by atomic mass is 35.5. The number of amides is 2. The number of likely N-dealkylation sites (tertiary alicyclic amines) is 1. The predicted octanol–water partition coefficient (Wildman–Crippen LogP) is 0.354. The van der Waals surface area contributed by atoms with Crippen LogP contribution >= 0.6 is 11.6 Å². The average Bonchev–Trinajstić information content (AvgIpc) is 2.58. The Bertz CT molecular complexity index is 221. The quantitative estimate of drug-likeness (QED) is 0.535. The van der Waals surface area contributed by atoms with E-state index in [9.17, 15) is 9.59 Å². The highest BCUT2D eigenvalue weighted by Gasteiger charge is 2.18. The molecule has 2 amide bonds. The standard InChI is InChI=1S/C9H15ClN2O2/c10-7-8(13)11-4-2-6-12-5-1-3-9(12)14/h1-7H2,(H,11,13). The van der Waals surface area contributed by atoms with Gasteiger partial charge in [-0.15, -0.1) is 11.6 Å². The summed E-state index contributed by atoms with van der Waals surface area (Å²) in [6.45, 7) is 2.19. The fourth-order valence-corrected chi connectivity index (χ4v) is 1.58. The van der Waals surface area contributed by atoms with E-state index in [4.69, 9.17) is 11.6 Å². The topological polar surface area (TPSA) is 49.4 Å². The SMILES string of the molecule is O=C(CCl)NCCCN1CCCC1=O. The van der Waals surface area contributed by atoms with Crippen LogP contribution in [0.5, 0.6) is 0 Å². The maximum atomic E-state index is 11.2. The van der Waals surface area contributed by atoms with Crippen LogP contribution in [0.1, 0.15) is 19.3 Å². The first kappa shape index (κ1) is 11.3. The molecule has 0 aromatic rings. The van der Waals surface area contributed by atoms with Crippen molar-refractivity contribution < 1.29 is 9.59 Å². The van der Waals surface area contributed by atoms with Gasteiger partial charge in [0, 0.05) is 26.1 Å². The third-order valence-electron chi connectivity index (χ3n) is 2.22. The Hall–Kier alpha value is -0.770. The van der Waals surface area contributed by atoms with E-state index in [-0.39, 0.29) is 17.7 Å². The van der Waals surface area contributed by atoms with Crippen LogP contribution < -0.4 is 5.32 Å². The Morgan fingerprint density at radius 1 is 1.57 bits per heavy atom. The van der Waals surface area contributed by atoms with Gasteiger partial charge in [0.25, 0.3) is 0 Å². The Kier molecular flexibility index (Phi) is 4.73. The molecule has 0 unspecified atom stereocenters. The van der Waals surface area contributed by atoms with Crippen molar-refractivity contribution in [2.45, 2.75) is 19.3 Å². The minimum absolute atomic E-state index is 0.00262. The normalized spacial score (nSPS) is 16.1. The highest BCUT2D eigenvalue weighted by molar-refractivity contribution is 6.27. The van der Waals surface area contributed by atoms with Crippen molar-refractivity contribution in [2.24, 2.45) is 0 Å². The molecule has 1 N–H and O–H groups in total. The van der Waals surface area contributed by atoms with Crippen LogP contribution in [0, 0.1) is 0 Å². The van der Waals surface area contributed by atoms with Crippen LogP contribution in [-0.2, 0) is 9.59 Å². The fourth-order valence-electron chi connectivity index (χ4n) is 1.49. The summed E-state index contributed by atoms with van der Waals surface area (Å²) in [6, 6.07) is 0. The summed E-state index contributed by atoms with van der Waals surface area (Å²) in [7, 11) is 0. The zero-order valence-electron chi connectivity index (χ0n) is 8.09. The molecule has 1 aliphatic heterocycles. The minimum atomic E-state index is -0.153. The molecule has 0 bridgehead atoms. The van der Waals surface area contributed by atoms with Crippen molar-refractivity contribution in [3.63, 3.8) is 0 Å². The number of nitrogens with zero attached hydrogens (tertiary/aromatic N) is 1. The lowest BCUT2D eigenvalue weighted by molar-refractivity contribution is -0.127. The molecule has 0 spiro atoms. The molecular weight excluding hydrogens is 204 g/mol. The molecule has 0 aromatic carbocycles. The molecule has 1 heterocycles. The minimum Gasteiger partial charge on any atom is -0.355 e. The van der Waals surface area contributed by atoms with Gasteiger partial charge in [-0.05, 0) is 12.8 Å². The smallest absolute Gasteiger partial charge is 0.234 e. The lowest BCUT2D eigenvalue weighted by Crippen LogP contribution is -2.31. The molecule has 0 radical (unpaired) electrons. The summed E-state index contributed by atoms with van der Waals surface area (Å²) in [5.41, 5.74) is 0. The fraction of sp³-hybridized carbons (Fsp3) is 0.778. The maximum absolute atomic E-state index is 11.2. The van der Waals surface area contributed by atoms with Crippen molar-refractivity contribution in [2.75, 3.05) is 25.5 Å². The molecular formula is C9H15ClN2O2. The largest absolute Gasteiger partial charge is 0.355 e. The van der Waals surface area contributed by atoms with E-state index in [1.165, 1.54) is 0 Å². The van der Waals surface area contributed by atoms with Crippen LogP contribution in [0.4, 0.5) is 0 Å². The number of alkyl halides is 1. The molecule has 5 heteroatoms. The van der Waals surface area contributed by atoms with Gasteiger partial charge in [-0.3, -0.25) is 9.59 Å². The monoisotopic (exact) mass is 218 g/mol. The molecule has 80 valence electrons.